The second-order valence-electron chi connectivity index (χ2n) is 5.16. The van der Waals surface area contributed by atoms with Gasteiger partial charge < -0.3 is 5.32 Å². The van der Waals surface area contributed by atoms with E-state index < -0.39 is 11.8 Å². The molecule has 2 N–H and O–H groups in total. The van der Waals surface area contributed by atoms with Crippen LogP contribution in [0.1, 0.15) is 36.8 Å². The Kier molecular flexibility index (Phi) is 4.50. The Bertz CT molecular complexity index is 536. The first-order chi connectivity index (χ1) is 9.54. The molecule has 0 spiro atoms. The predicted octanol–water partition coefficient (Wildman–Crippen LogP) is 2.29. The first-order valence-corrected chi connectivity index (χ1v) is 6.79. The van der Waals surface area contributed by atoms with E-state index >= 15 is 0 Å². The summed E-state index contributed by atoms with van der Waals surface area (Å²) in [5, 5.41) is 6.56. The minimum absolute atomic E-state index is 0.621. The smallest absolute Gasteiger partial charge is 0.318 e. The van der Waals surface area contributed by atoms with E-state index in [1.807, 2.05) is 32.0 Å². The average Bonchev–Trinajstić information content (AvgIpc) is 2.87. The second-order valence-corrected chi connectivity index (χ2v) is 5.16. The number of amides is 2. The highest BCUT2D eigenvalue weighted by Crippen LogP contribution is 2.14. The van der Waals surface area contributed by atoms with Gasteiger partial charge in [-0.2, -0.15) is 5.10 Å². The van der Waals surface area contributed by atoms with Crippen molar-refractivity contribution in [3.8, 4) is 0 Å². The van der Waals surface area contributed by atoms with Crippen molar-refractivity contribution in [1.29, 1.82) is 0 Å². The van der Waals surface area contributed by atoms with Gasteiger partial charge in [-0.1, -0.05) is 6.07 Å². The number of hydrogen-bond donors (Lipinski definition) is 2. The second kappa shape index (κ2) is 6.32. The number of nitrogens with one attached hydrogen (secondary N) is 2. The Morgan fingerprint density at radius 2 is 1.60 bits per heavy atom. The monoisotopic (exact) mass is 273 g/mol. The maximum absolute atomic E-state index is 11.7. The summed E-state index contributed by atoms with van der Waals surface area (Å²) in [6, 6.07) is 5.64. The van der Waals surface area contributed by atoms with Gasteiger partial charge in [0.1, 0.15) is 0 Å². The summed E-state index contributed by atoms with van der Waals surface area (Å²) >= 11 is 0. The third-order valence-electron chi connectivity index (χ3n) is 3.18. The molecule has 0 aliphatic heterocycles. The number of benzene rings is 1. The number of aryl methyl sites for hydroxylation is 2. The minimum Gasteiger partial charge on any atom is -0.318 e. The molecule has 0 radical (unpaired) electrons. The van der Waals surface area contributed by atoms with Gasteiger partial charge in [-0.05, 0) is 62.8 Å². The van der Waals surface area contributed by atoms with Crippen LogP contribution in [0.25, 0.3) is 0 Å². The van der Waals surface area contributed by atoms with Crippen molar-refractivity contribution in [2.45, 2.75) is 39.5 Å². The van der Waals surface area contributed by atoms with Crippen LogP contribution in [0.4, 0.5) is 5.69 Å². The zero-order valence-corrected chi connectivity index (χ0v) is 11.8. The number of hydrogen-bond acceptors (Lipinski definition) is 3. The molecule has 1 aliphatic rings. The van der Waals surface area contributed by atoms with Crippen molar-refractivity contribution in [2.75, 3.05) is 5.32 Å². The van der Waals surface area contributed by atoms with Crippen LogP contribution in [-0.2, 0) is 9.59 Å². The third kappa shape index (κ3) is 3.91. The van der Waals surface area contributed by atoms with Gasteiger partial charge in [-0.15, -0.1) is 0 Å². The van der Waals surface area contributed by atoms with Gasteiger partial charge >= 0.3 is 11.8 Å². The summed E-state index contributed by atoms with van der Waals surface area (Å²) in [5.74, 6) is -1.43. The maximum atomic E-state index is 11.7. The molecule has 0 bridgehead atoms. The third-order valence-corrected chi connectivity index (χ3v) is 3.18. The van der Waals surface area contributed by atoms with Crippen molar-refractivity contribution >= 4 is 23.2 Å². The van der Waals surface area contributed by atoms with Gasteiger partial charge in [0.25, 0.3) is 0 Å². The molecule has 0 aromatic heterocycles. The molecule has 1 aromatic rings. The number of nitrogens with zero attached hydrogens (tertiary/aromatic N) is 1. The molecule has 2 rings (SSSR count). The van der Waals surface area contributed by atoms with Crippen LogP contribution < -0.4 is 10.7 Å². The summed E-state index contributed by atoms with van der Waals surface area (Å²) < 4.78 is 0. The summed E-state index contributed by atoms with van der Waals surface area (Å²) in [4.78, 5) is 23.4. The van der Waals surface area contributed by atoms with Crippen LogP contribution in [0.3, 0.4) is 0 Å². The molecule has 5 heteroatoms. The van der Waals surface area contributed by atoms with Crippen LogP contribution in [0, 0.1) is 13.8 Å². The standard InChI is InChI=1S/C15H19N3O2/c1-10-7-11(2)9-13(8-10)16-14(19)15(20)18-17-12-5-3-4-6-12/h7-9H,3-6H2,1-2H3,(H,16,19)(H,18,20). The Morgan fingerprint density at radius 3 is 2.20 bits per heavy atom. The fourth-order valence-electron chi connectivity index (χ4n) is 2.31. The van der Waals surface area contributed by atoms with Crippen LogP contribution in [0.15, 0.2) is 23.3 Å². The lowest BCUT2D eigenvalue weighted by Gasteiger charge is -2.06. The lowest BCUT2D eigenvalue weighted by molar-refractivity contribution is -0.136. The van der Waals surface area contributed by atoms with E-state index in [2.05, 4.69) is 15.8 Å². The summed E-state index contributed by atoms with van der Waals surface area (Å²) in [5.41, 5.74) is 5.96. The lowest BCUT2D eigenvalue weighted by Crippen LogP contribution is -2.32. The van der Waals surface area contributed by atoms with Crippen molar-refractivity contribution in [3.63, 3.8) is 0 Å². The summed E-state index contributed by atoms with van der Waals surface area (Å²) in [6.45, 7) is 3.88. The van der Waals surface area contributed by atoms with E-state index in [0.717, 1.165) is 42.5 Å². The Morgan fingerprint density at radius 1 is 1.00 bits per heavy atom. The summed E-state index contributed by atoms with van der Waals surface area (Å²) in [7, 11) is 0. The zero-order valence-electron chi connectivity index (χ0n) is 11.8. The predicted molar refractivity (Wildman–Crippen MR) is 78.6 cm³/mol. The number of rotatable bonds is 2. The topological polar surface area (TPSA) is 70.6 Å². The molecule has 5 nitrogen and oxygen atoms in total. The molecule has 0 saturated heterocycles. The molecule has 1 fully saturated rings. The highest BCUT2D eigenvalue weighted by molar-refractivity contribution is 6.39. The van der Waals surface area contributed by atoms with E-state index in [-0.39, 0.29) is 0 Å². The lowest BCUT2D eigenvalue weighted by atomic mass is 10.1. The molecule has 0 unspecified atom stereocenters. The molecule has 20 heavy (non-hydrogen) atoms. The van der Waals surface area contributed by atoms with Gasteiger partial charge in [0.2, 0.25) is 0 Å². The van der Waals surface area contributed by atoms with Gasteiger partial charge in [-0.3, -0.25) is 9.59 Å². The van der Waals surface area contributed by atoms with Crippen molar-refractivity contribution in [1.82, 2.24) is 5.43 Å². The quantitative estimate of drug-likeness (QED) is 0.641. The van der Waals surface area contributed by atoms with Crippen LogP contribution in [0.5, 0.6) is 0 Å². The highest BCUT2D eigenvalue weighted by atomic mass is 16.2. The van der Waals surface area contributed by atoms with E-state index in [9.17, 15) is 9.59 Å². The SMILES string of the molecule is Cc1cc(C)cc(NC(=O)C(=O)NN=C2CCCC2)c1. The molecule has 1 aromatic carbocycles. The van der Waals surface area contributed by atoms with Gasteiger partial charge in [0.05, 0.1) is 0 Å². The highest BCUT2D eigenvalue weighted by Gasteiger charge is 2.15. The van der Waals surface area contributed by atoms with Crippen LogP contribution >= 0.6 is 0 Å². The minimum atomic E-state index is -0.733. The Hall–Kier alpha value is -2.17. The molecule has 0 atom stereocenters. The number of carbonyl (C=O) groups excluding carboxylic acids is 2. The Balaban J connectivity index is 1.93. The Labute approximate surface area is 118 Å². The van der Waals surface area contributed by atoms with Crippen LogP contribution in [-0.4, -0.2) is 17.5 Å². The largest absolute Gasteiger partial charge is 0.329 e. The van der Waals surface area contributed by atoms with E-state index in [4.69, 9.17) is 0 Å². The normalized spacial score (nSPS) is 14.0. The first kappa shape index (κ1) is 14.2. The van der Waals surface area contributed by atoms with E-state index in [1.165, 1.54) is 0 Å². The molecule has 106 valence electrons. The molecular formula is C15H19N3O2. The molecular weight excluding hydrogens is 254 g/mol. The maximum Gasteiger partial charge on any atom is 0.329 e. The van der Waals surface area contributed by atoms with Crippen molar-refractivity contribution in [2.24, 2.45) is 5.10 Å². The molecule has 0 heterocycles. The molecule has 2 amide bonds. The van der Waals surface area contributed by atoms with Crippen molar-refractivity contribution < 1.29 is 9.59 Å². The molecule has 1 saturated carbocycles. The summed E-state index contributed by atoms with van der Waals surface area (Å²) in [6.07, 6.45) is 4.00. The van der Waals surface area contributed by atoms with E-state index in [1.54, 1.807) is 0 Å². The molecule has 1 aliphatic carbocycles. The van der Waals surface area contributed by atoms with E-state index in [0.29, 0.717) is 5.69 Å². The number of anilines is 1. The average molecular weight is 273 g/mol. The first-order valence-electron chi connectivity index (χ1n) is 6.79. The number of hydrazone groups is 1. The van der Waals surface area contributed by atoms with Gasteiger partial charge in [0, 0.05) is 11.4 Å². The van der Waals surface area contributed by atoms with Gasteiger partial charge in [-0.25, -0.2) is 5.43 Å². The zero-order chi connectivity index (χ0) is 14.5. The fourth-order valence-corrected chi connectivity index (χ4v) is 2.31. The number of carbonyl (C=O) groups is 2. The van der Waals surface area contributed by atoms with Crippen LogP contribution in [0.2, 0.25) is 0 Å². The fraction of sp³-hybridized carbons (Fsp3) is 0.400. The van der Waals surface area contributed by atoms with Gasteiger partial charge in [0.15, 0.2) is 0 Å². The van der Waals surface area contributed by atoms with Crippen molar-refractivity contribution in [3.05, 3.63) is 29.3 Å².